The highest BCUT2D eigenvalue weighted by molar-refractivity contribution is 8.00. The molecule has 3 aromatic heterocycles. The van der Waals surface area contributed by atoms with E-state index in [9.17, 15) is 33.9 Å². The molecule has 2 aliphatic heterocycles. The highest BCUT2D eigenvalue weighted by Gasteiger charge is 2.55. The van der Waals surface area contributed by atoms with Crippen LogP contribution in [0, 0.1) is 0 Å². The molecule has 0 saturated carbocycles. The molecule has 47 heavy (non-hydrogen) atoms. The lowest BCUT2D eigenvalue weighted by Crippen LogP contribution is -2.71. The number of β-lactam (4-membered cyclic amide) rings is 1. The largest absolute Gasteiger partial charge is 0.477 e. The van der Waals surface area contributed by atoms with E-state index in [-0.39, 0.29) is 38.5 Å². The van der Waals surface area contributed by atoms with Gasteiger partial charge in [0.2, 0.25) is 11.3 Å². The fourth-order valence-electron chi connectivity index (χ4n) is 5.06. The summed E-state index contributed by atoms with van der Waals surface area (Å²) in [5.74, 6) is -3.68. The first kappa shape index (κ1) is 31.5. The predicted molar refractivity (Wildman–Crippen MR) is 174 cm³/mol. The van der Waals surface area contributed by atoms with Crippen LogP contribution in [0.5, 0.6) is 0 Å². The number of amides is 5. The molecular weight excluding hydrogens is 671 g/mol. The summed E-state index contributed by atoms with van der Waals surface area (Å²) in [5.41, 5.74) is 6.53. The number of fused-ring (bicyclic) bond motifs is 2. The number of rotatable bonds is 9. The minimum Gasteiger partial charge on any atom is -0.477 e. The van der Waals surface area contributed by atoms with Crippen molar-refractivity contribution in [1.82, 2.24) is 35.7 Å². The molecule has 2 aliphatic rings. The lowest BCUT2D eigenvalue weighted by Gasteiger charge is -2.49. The maximum Gasteiger partial charge on any atom is 0.353 e. The number of nitrogens with one attached hydrogen (secondary N) is 4. The van der Waals surface area contributed by atoms with Gasteiger partial charge in [-0.25, -0.2) is 9.59 Å². The number of nitrogens with zero attached hydrogens (tertiary/aromatic N) is 4. The first-order valence-electron chi connectivity index (χ1n) is 13.5. The van der Waals surface area contributed by atoms with Crippen molar-refractivity contribution in [3.05, 3.63) is 91.9 Å². The van der Waals surface area contributed by atoms with Gasteiger partial charge in [0.1, 0.15) is 39.7 Å². The van der Waals surface area contributed by atoms with Crippen molar-refractivity contribution >= 4 is 86.6 Å². The molecule has 0 aliphatic carbocycles. The van der Waals surface area contributed by atoms with Crippen LogP contribution in [0.4, 0.5) is 10.5 Å². The zero-order chi connectivity index (χ0) is 33.4. The number of carbonyl (C=O) groups is 5. The van der Waals surface area contributed by atoms with Gasteiger partial charge in [-0.3, -0.25) is 29.1 Å². The van der Waals surface area contributed by atoms with E-state index in [0.717, 1.165) is 16.2 Å². The smallest absolute Gasteiger partial charge is 0.353 e. The number of aliphatic carboxylic acids is 1. The van der Waals surface area contributed by atoms with Gasteiger partial charge in [0.05, 0.1) is 10.4 Å². The maximum atomic E-state index is 13.8. The van der Waals surface area contributed by atoms with Crippen LogP contribution >= 0.6 is 35.3 Å². The topological polar surface area (TPSA) is 242 Å². The van der Waals surface area contributed by atoms with E-state index in [1.807, 2.05) is 0 Å². The highest BCUT2D eigenvalue weighted by Crippen LogP contribution is 2.41. The Morgan fingerprint density at radius 1 is 1.15 bits per heavy atom. The normalized spacial score (nSPS) is 17.7. The Hall–Kier alpha value is -5.53. The Morgan fingerprint density at radius 3 is 2.60 bits per heavy atom. The molecule has 6 rings (SSSR count). The number of carboxylic acids is 1. The van der Waals surface area contributed by atoms with Crippen molar-refractivity contribution in [2.75, 3.05) is 11.1 Å². The Morgan fingerprint density at radius 2 is 1.91 bits per heavy atom. The van der Waals surface area contributed by atoms with Crippen LogP contribution < -0.4 is 27.1 Å². The number of pyridine rings is 2. The summed E-state index contributed by atoms with van der Waals surface area (Å²) in [6.45, 7) is 0. The maximum absolute atomic E-state index is 13.8. The second-order valence-corrected chi connectivity index (χ2v) is 12.4. The van der Waals surface area contributed by atoms with E-state index < -0.39 is 52.6 Å². The number of aromatic nitrogens is 4. The van der Waals surface area contributed by atoms with Gasteiger partial charge in [0.15, 0.2) is 5.01 Å². The summed E-state index contributed by atoms with van der Waals surface area (Å²) in [5, 5.41) is 24.8. The molecular formula is C28H21N9O7S3. The summed E-state index contributed by atoms with van der Waals surface area (Å²) in [6, 6.07) is 5.60. The van der Waals surface area contributed by atoms with E-state index in [4.69, 9.17) is 18.0 Å². The number of thioether (sulfide) groups is 1. The van der Waals surface area contributed by atoms with E-state index >= 15 is 0 Å². The quantitative estimate of drug-likeness (QED) is 0.0815. The molecule has 16 nitrogen and oxygen atoms in total. The highest BCUT2D eigenvalue weighted by atomic mass is 32.2. The van der Waals surface area contributed by atoms with Gasteiger partial charge < -0.3 is 31.8 Å². The summed E-state index contributed by atoms with van der Waals surface area (Å²) < 4.78 is 0. The molecule has 2 unspecified atom stereocenters. The average molecular weight is 692 g/mol. The first-order chi connectivity index (χ1) is 22.5. The summed E-state index contributed by atoms with van der Waals surface area (Å²) in [6.07, 6.45) is 2.60. The standard InChI is InChI=1S/C28H21N9O7S3/c29-28(44)33-12-5-3-11(4-6-12)16(34-22(39)13-8-31-15-2-1-7-30-17(15)20(13)38)23(40)35-18-25(41)37-19(27(42)43)14(9-46-26(18)37)21(45)24-36-32-10-47-24/h1-8,10,16,18,26H,9H2,(H,31,38)(H,34,39)(H,35,40)(H,42,43)(H3,29,33,44)/t16?,18?,26-/m0/s1. The molecule has 0 spiro atoms. The molecule has 5 amide bonds. The minimum absolute atomic E-state index is 0.0183. The van der Waals surface area contributed by atoms with Crippen LogP contribution in [0.2, 0.25) is 0 Å². The lowest BCUT2D eigenvalue weighted by molar-refractivity contribution is -0.150. The number of thiocarbonyl (C=S) groups is 1. The van der Waals surface area contributed by atoms with E-state index in [2.05, 4.69) is 36.1 Å². The van der Waals surface area contributed by atoms with Crippen LogP contribution in [0.25, 0.3) is 11.0 Å². The zero-order valence-corrected chi connectivity index (χ0v) is 26.1. The number of primary amides is 1. The third-order valence-electron chi connectivity index (χ3n) is 7.23. The fourth-order valence-corrected chi connectivity index (χ4v) is 7.37. The number of anilines is 1. The predicted octanol–water partition coefficient (Wildman–Crippen LogP) is 0.893. The Kier molecular flexibility index (Phi) is 8.50. The minimum atomic E-state index is -1.44. The molecule has 7 N–H and O–H groups in total. The number of nitrogens with two attached hydrogens (primary N) is 1. The van der Waals surface area contributed by atoms with E-state index in [1.165, 1.54) is 53.9 Å². The molecule has 238 valence electrons. The molecule has 19 heteroatoms. The van der Waals surface area contributed by atoms with Crippen molar-refractivity contribution < 1.29 is 29.1 Å². The van der Waals surface area contributed by atoms with Crippen LogP contribution in [0.15, 0.2) is 70.4 Å². The number of aromatic amines is 1. The number of urea groups is 1. The van der Waals surface area contributed by atoms with E-state index in [0.29, 0.717) is 16.2 Å². The molecule has 5 heterocycles. The van der Waals surface area contributed by atoms with Crippen molar-refractivity contribution in [2.45, 2.75) is 17.5 Å². The Bertz CT molecular complexity index is 2070. The van der Waals surface area contributed by atoms with Crippen LogP contribution in [-0.2, 0) is 14.4 Å². The van der Waals surface area contributed by atoms with Gasteiger partial charge in [-0.05, 0) is 29.8 Å². The van der Waals surface area contributed by atoms with Crippen LogP contribution in [0.3, 0.4) is 0 Å². The summed E-state index contributed by atoms with van der Waals surface area (Å²) >= 11 is 7.78. The second kappa shape index (κ2) is 12.7. The van der Waals surface area contributed by atoms with Gasteiger partial charge in [-0.2, -0.15) is 0 Å². The summed E-state index contributed by atoms with van der Waals surface area (Å²) in [7, 11) is 0. The third-order valence-corrected chi connectivity index (χ3v) is 9.79. The van der Waals surface area contributed by atoms with Crippen molar-refractivity contribution in [2.24, 2.45) is 5.73 Å². The molecule has 1 fully saturated rings. The number of hydrogen-bond donors (Lipinski definition) is 6. The lowest BCUT2D eigenvalue weighted by atomic mass is 9.99. The average Bonchev–Trinajstić information content (AvgIpc) is 3.60. The number of carboxylic acid groups (broad SMARTS) is 1. The van der Waals surface area contributed by atoms with Gasteiger partial charge >= 0.3 is 12.0 Å². The number of benzene rings is 1. The van der Waals surface area contributed by atoms with Crippen LogP contribution in [-0.4, -0.2) is 81.9 Å². The van der Waals surface area contributed by atoms with Gasteiger partial charge in [0, 0.05) is 29.4 Å². The van der Waals surface area contributed by atoms with Crippen molar-refractivity contribution in [3.8, 4) is 0 Å². The number of H-pyrrole nitrogens is 1. The number of hydrogen-bond acceptors (Lipinski definition) is 12. The van der Waals surface area contributed by atoms with Gasteiger partial charge in [-0.1, -0.05) is 35.7 Å². The molecule has 1 aromatic carbocycles. The van der Waals surface area contributed by atoms with E-state index in [1.54, 1.807) is 12.1 Å². The monoisotopic (exact) mass is 691 g/mol. The molecule has 3 atom stereocenters. The zero-order valence-electron chi connectivity index (χ0n) is 23.6. The fraction of sp³-hybridized carbons (Fsp3) is 0.143. The number of carbonyl (C=O) groups excluding carboxylic acids is 4. The van der Waals surface area contributed by atoms with Gasteiger partial charge in [-0.15, -0.1) is 22.0 Å². The van der Waals surface area contributed by atoms with Crippen molar-refractivity contribution in [1.29, 1.82) is 0 Å². The molecule has 4 aromatic rings. The first-order valence-corrected chi connectivity index (χ1v) is 15.8. The van der Waals surface area contributed by atoms with Crippen LogP contribution in [0.1, 0.15) is 27.0 Å². The second-order valence-electron chi connectivity index (χ2n) is 10.1. The SMILES string of the molecule is NC(=O)Nc1ccc(C(NC(=O)c2c[nH]c3cccnc3c2=O)C(=O)NC2C(=O)N3C(C(=O)O)=C(C(=S)c4nncs4)CS[C@@H]23)cc1. The summed E-state index contributed by atoms with van der Waals surface area (Å²) in [4.78, 5) is 85.3. The van der Waals surface area contributed by atoms with Crippen molar-refractivity contribution in [3.63, 3.8) is 0 Å². The molecule has 0 bridgehead atoms. The molecule has 1 saturated heterocycles. The van der Waals surface area contributed by atoms with Gasteiger partial charge in [0.25, 0.3) is 11.8 Å². The Balaban J connectivity index is 1.27. The Labute approximate surface area is 276 Å². The molecule has 0 radical (unpaired) electrons. The third kappa shape index (κ3) is 5.93.